The van der Waals surface area contributed by atoms with Crippen LogP contribution in [0.15, 0.2) is 29.6 Å². The number of anilines is 1. The van der Waals surface area contributed by atoms with E-state index in [0.29, 0.717) is 11.4 Å². The molecule has 0 saturated heterocycles. The number of thiazole rings is 1. The lowest BCUT2D eigenvalue weighted by Crippen LogP contribution is -2.31. The van der Waals surface area contributed by atoms with Gasteiger partial charge in [0.05, 0.1) is 6.04 Å². The second kappa shape index (κ2) is 8.30. The first-order valence-electron chi connectivity index (χ1n) is 7.41. The van der Waals surface area contributed by atoms with Gasteiger partial charge in [-0.25, -0.2) is 9.78 Å². The molecule has 3 amide bonds. The number of nitrogens with zero attached hydrogens (tertiary/aromatic N) is 1. The van der Waals surface area contributed by atoms with E-state index in [1.807, 2.05) is 19.2 Å². The highest BCUT2D eigenvalue weighted by Gasteiger charge is 2.13. The quantitative estimate of drug-likeness (QED) is 0.748. The topological polar surface area (TPSA) is 92.4 Å². The molecule has 1 unspecified atom stereocenters. The molecule has 2 aromatic rings. The van der Waals surface area contributed by atoms with Crippen molar-refractivity contribution in [3.8, 4) is 5.75 Å². The molecule has 1 aromatic carbocycles. The van der Waals surface area contributed by atoms with Crippen molar-refractivity contribution in [3.63, 3.8) is 0 Å². The van der Waals surface area contributed by atoms with Crippen LogP contribution in [0.25, 0.3) is 0 Å². The number of ether oxygens (including phenoxy) is 1. The number of hydrogen-bond donors (Lipinski definition) is 3. The van der Waals surface area contributed by atoms with Crippen molar-refractivity contribution < 1.29 is 14.3 Å². The molecule has 24 heavy (non-hydrogen) atoms. The minimum atomic E-state index is -0.334. The fourth-order valence-electron chi connectivity index (χ4n) is 1.88. The first-order valence-corrected chi connectivity index (χ1v) is 8.29. The van der Waals surface area contributed by atoms with Gasteiger partial charge < -0.3 is 20.7 Å². The summed E-state index contributed by atoms with van der Waals surface area (Å²) in [6.45, 7) is 3.71. The monoisotopic (exact) mass is 348 g/mol. The molecule has 0 radical (unpaired) electrons. The number of likely N-dealkylation sites (N-methyl/N-ethyl adjacent to an activating group) is 1. The standard InChI is InChI=1S/C16H20N4O3S/c1-10-9-24-15(18-10)11(2)19-16(22)20-12-5-4-6-13(7-12)23-8-14(21)17-3/h4-7,9,11H,8H2,1-3H3,(H,17,21)(H2,19,20,22). The van der Waals surface area contributed by atoms with Crippen molar-refractivity contribution in [2.75, 3.05) is 19.0 Å². The number of carbonyl (C=O) groups excluding carboxylic acids is 2. The molecule has 0 aliphatic heterocycles. The van der Waals surface area contributed by atoms with Crippen molar-refractivity contribution in [1.82, 2.24) is 15.6 Å². The molecule has 7 nitrogen and oxygen atoms in total. The Labute approximate surface area is 144 Å². The summed E-state index contributed by atoms with van der Waals surface area (Å²) < 4.78 is 5.34. The van der Waals surface area contributed by atoms with Gasteiger partial charge in [0.2, 0.25) is 0 Å². The van der Waals surface area contributed by atoms with Crippen molar-refractivity contribution >= 4 is 29.0 Å². The van der Waals surface area contributed by atoms with Crippen LogP contribution >= 0.6 is 11.3 Å². The van der Waals surface area contributed by atoms with Gasteiger partial charge >= 0.3 is 6.03 Å². The fraction of sp³-hybridized carbons (Fsp3) is 0.312. The maximum atomic E-state index is 12.1. The molecule has 128 valence electrons. The van der Waals surface area contributed by atoms with Gasteiger partial charge in [-0.2, -0.15) is 0 Å². The third-order valence-corrected chi connectivity index (χ3v) is 4.24. The molecule has 1 heterocycles. The Morgan fingerprint density at radius 3 is 2.83 bits per heavy atom. The number of rotatable bonds is 6. The van der Waals surface area contributed by atoms with E-state index in [2.05, 4.69) is 20.9 Å². The van der Waals surface area contributed by atoms with E-state index < -0.39 is 0 Å². The number of amides is 3. The summed E-state index contributed by atoms with van der Waals surface area (Å²) in [6.07, 6.45) is 0. The lowest BCUT2D eigenvalue weighted by atomic mass is 10.3. The summed E-state index contributed by atoms with van der Waals surface area (Å²) in [7, 11) is 1.54. The van der Waals surface area contributed by atoms with Crippen LogP contribution in [0.4, 0.5) is 10.5 Å². The average Bonchev–Trinajstić information content (AvgIpc) is 2.99. The minimum Gasteiger partial charge on any atom is -0.484 e. The Morgan fingerprint density at radius 2 is 2.17 bits per heavy atom. The summed E-state index contributed by atoms with van der Waals surface area (Å²) in [4.78, 5) is 27.6. The molecular formula is C16H20N4O3S. The van der Waals surface area contributed by atoms with Crippen LogP contribution in [0.2, 0.25) is 0 Å². The van der Waals surface area contributed by atoms with E-state index in [9.17, 15) is 9.59 Å². The maximum Gasteiger partial charge on any atom is 0.319 e. The van der Waals surface area contributed by atoms with Crippen LogP contribution in [0.5, 0.6) is 5.75 Å². The molecule has 0 saturated carbocycles. The summed E-state index contributed by atoms with van der Waals surface area (Å²) >= 11 is 1.51. The van der Waals surface area contributed by atoms with Gasteiger partial charge in [-0.3, -0.25) is 4.79 Å². The van der Waals surface area contributed by atoms with Gasteiger partial charge in [0.1, 0.15) is 10.8 Å². The largest absolute Gasteiger partial charge is 0.484 e. The number of urea groups is 1. The predicted molar refractivity (Wildman–Crippen MR) is 93.4 cm³/mol. The van der Waals surface area contributed by atoms with E-state index in [-0.39, 0.29) is 24.6 Å². The fourth-order valence-corrected chi connectivity index (χ4v) is 2.69. The third kappa shape index (κ3) is 5.24. The highest BCUT2D eigenvalue weighted by molar-refractivity contribution is 7.09. The zero-order chi connectivity index (χ0) is 17.5. The summed E-state index contributed by atoms with van der Waals surface area (Å²) in [6, 6.07) is 6.33. The SMILES string of the molecule is CNC(=O)COc1cccc(NC(=O)NC(C)c2nc(C)cs2)c1. The third-order valence-electron chi connectivity index (χ3n) is 3.10. The smallest absolute Gasteiger partial charge is 0.319 e. The van der Waals surface area contributed by atoms with Crippen molar-refractivity contribution in [3.05, 3.63) is 40.3 Å². The summed E-state index contributed by atoms with van der Waals surface area (Å²) in [5.74, 6) is 0.277. The van der Waals surface area contributed by atoms with Crippen LogP contribution in [-0.4, -0.2) is 30.6 Å². The molecule has 3 N–H and O–H groups in total. The summed E-state index contributed by atoms with van der Waals surface area (Å²) in [5, 5.41) is 10.8. The Bertz CT molecular complexity index is 717. The van der Waals surface area contributed by atoms with Crippen LogP contribution < -0.4 is 20.7 Å². The van der Waals surface area contributed by atoms with E-state index >= 15 is 0 Å². The molecule has 0 aliphatic carbocycles. The molecule has 2 rings (SSSR count). The molecule has 0 aliphatic rings. The highest BCUT2D eigenvalue weighted by Crippen LogP contribution is 2.19. The lowest BCUT2D eigenvalue weighted by molar-refractivity contribution is -0.122. The van der Waals surface area contributed by atoms with E-state index in [0.717, 1.165) is 10.7 Å². The second-order valence-corrected chi connectivity index (χ2v) is 6.03. The zero-order valence-electron chi connectivity index (χ0n) is 13.8. The van der Waals surface area contributed by atoms with E-state index in [1.165, 1.54) is 11.3 Å². The molecule has 1 atom stereocenters. The van der Waals surface area contributed by atoms with E-state index in [1.54, 1.807) is 31.3 Å². The number of nitrogens with one attached hydrogen (secondary N) is 3. The molecule has 0 fully saturated rings. The summed E-state index contributed by atoms with van der Waals surface area (Å²) in [5.41, 5.74) is 1.51. The molecule has 0 bridgehead atoms. The molecular weight excluding hydrogens is 328 g/mol. The number of hydrogen-bond acceptors (Lipinski definition) is 5. The first kappa shape index (κ1) is 17.7. The van der Waals surface area contributed by atoms with Gasteiger partial charge in [-0.1, -0.05) is 6.07 Å². The van der Waals surface area contributed by atoms with Crippen molar-refractivity contribution in [2.45, 2.75) is 19.9 Å². The Morgan fingerprint density at radius 1 is 1.38 bits per heavy atom. The van der Waals surface area contributed by atoms with Crippen molar-refractivity contribution in [2.24, 2.45) is 0 Å². The Kier molecular flexibility index (Phi) is 6.14. The van der Waals surface area contributed by atoms with Gasteiger partial charge in [0, 0.05) is 29.9 Å². The molecule has 0 spiro atoms. The van der Waals surface area contributed by atoms with Crippen molar-refractivity contribution in [1.29, 1.82) is 0 Å². The molecule has 8 heteroatoms. The Balaban J connectivity index is 1.90. The first-order chi connectivity index (χ1) is 11.5. The molecule has 1 aromatic heterocycles. The second-order valence-electron chi connectivity index (χ2n) is 5.14. The zero-order valence-corrected chi connectivity index (χ0v) is 14.6. The predicted octanol–water partition coefficient (Wildman–Crippen LogP) is 2.46. The normalized spacial score (nSPS) is 11.5. The van der Waals surface area contributed by atoms with Crippen LogP contribution in [0, 0.1) is 6.92 Å². The van der Waals surface area contributed by atoms with Gasteiger partial charge in [0.25, 0.3) is 5.91 Å². The van der Waals surface area contributed by atoms with Gasteiger partial charge in [0.15, 0.2) is 6.61 Å². The van der Waals surface area contributed by atoms with Crippen LogP contribution in [0.1, 0.15) is 23.7 Å². The minimum absolute atomic E-state index is 0.0768. The number of carbonyl (C=O) groups is 2. The van der Waals surface area contributed by atoms with E-state index in [4.69, 9.17) is 4.74 Å². The van der Waals surface area contributed by atoms with Gasteiger partial charge in [-0.05, 0) is 26.0 Å². The number of aromatic nitrogens is 1. The average molecular weight is 348 g/mol. The van der Waals surface area contributed by atoms with Gasteiger partial charge in [-0.15, -0.1) is 11.3 Å². The maximum absolute atomic E-state index is 12.1. The Hall–Kier alpha value is -2.61. The van der Waals surface area contributed by atoms with Crippen LogP contribution in [0.3, 0.4) is 0 Å². The number of aryl methyl sites for hydroxylation is 1. The van der Waals surface area contributed by atoms with Crippen LogP contribution in [-0.2, 0) is 4.79 Å². The highest BCUT2D eigenvalue weighted by atomic mass is 32.1. The lowest BCUT2D eigenvalue weighted by Gasteiger charge is -2.13. The number of benzene rings is 1.